The summed E-state index contributed by atoms with van der Waals surface area (Å²) >= 11 is 6.14. The SMILES string of the molecule is COc1cc(Cl)c(C)cc1NC(=O)[C@H](C)N1CCN(c2ccccc2O)CC1. The molecule has 2 aromatic rings. The molecule has 2 N–H and O–H groups in total. The van der Waals surface area contributed by atoms with Gasteiger partial charge < -0.3 is 20.1 Å². The van der Waals surface area contributed by atoms with E-state index in [1.165, 1.54) is 0 Å². The number of methoxy groups -OCH3 is 1. The van der Waals surface area contributed by atoms with Crippen molar-refractivity contribution in [3.05, 3.63) is 47.0 Å². The predicted octanol–water partition coefficient (Wildman–Crippen LogP) is 3.51. The van der Waals surface area contributed by atoms with E-state index in [4.69, 9.17) is 16.3 Å². The lowest BCUT2D eigenvalue weighted by atomic mass is 10.1. The van der Waals surface area contributed by atoms with Gasteiger partial charge in [0.05, 0.1) is 24.5 Å². The fourth-order valence-electron chi connectivity index (χ4n) is 3.41. The standard InChI is InChI=1S/C21H26ClN3O3/c1-14-12-17(20(28-3)13-16(14)22)23-21(27)15(2)24-8-10-25(11-9-24)18-6-4-5-7-19(18)26/h4-7,12-13,15,26H,8-11H2,1-3H3,(H,23,27)/t15-/m0/s1. The number of hydrogen-bond acceptors (Lipinski definition) is 5. The van der Waals surface area contributed by atoms with Gasteiger partial charge in [-0.25, -0.2) is 0 Å². The first-order chi connectivity index (χ1) is 13.4. The number of phenolic OH excluding ortho intramolecular Hbond substituents is 1. The van der Waals surface area contributed by atoms with Crippen LogP contribution in [-0.4, -0.2) is 55.2 Å². The van der Waals surface area contributed by atoms with Crippen LogP contribution in [0.5, 0.6) is 11.5 Å². The quantitative estimate of drug-likeness (QED) is 0.799. The Bertz CT molecular complexity index is 851. The Morgan fingerprint density at radius 2 is 1.89 bits per heavy atom. The van der Waals surface area contributed by atoms with Crippen molar-refractivity contribution in [3.8, 4) is 11.5 Å². The van der Waals surface area contributed by atoms with Crippen LogP contribution in [0, 0.1) is 6.92 Å². The number of aromatic hydroxyl groups is 1. The number of nitrogens with zero attached hydrogens (tertiary/aromatic N) is 2. The highest BCUT2D eigenvalue weighted by atomic mass is 35.5. The van der Waals surface area contributed by atoms with Crippen LogP contribution in [0.3, 0.4) is 0 Å². The molecule has 3 rings (SSSR count). The first-order valence-electron chi connectivity index (χ1n) is 9.32. The molecule has 0 radical (unpaired) electrons. The maximum Gasteiger partial charge on any atom is 0.241 e. The minimum atomic E-state index is -0.285. The van der Waals surface area contributed by atoms with Crippen molar-refractivity contribution in [1.29, 1.82) is 0 Å². The number of carbonyl (C=O) groups is 1. The van der Waals surface area contributed by atoms with E-state index < -0.39 is 0 Å². The molecule has 1 heterocycles. The first kappa shape index (κ1) is 20.3. The minimum Gasteiger partial charge on any atom is -0.506 e. The van der Waals surface area contributed by atoms with E-state index in [0.29, 0.717) is 16.5 Å². The van der Waals surface area contributed by atoms with Crippen LogP contribution in [0.2, 0.25) is 5.02 Å². The number of carbonyl (C=O) groups excluding carboxylic acids is 1. The third-order valence-corrected chi connectivity index (χ3v) is 5.61. The molecule has 1 aliphatic heterocycles. The summed E-state index contributed by atoms with van der Waals surface area (Å²) in [6.07, 6.45) is 0. The number of benzene rings is 2. The van der Waals surface area contributed by atoms with Crippen molar-refractivity contribution in [2.24, 2.45) is 0 Å². The Labute approximate surface area is 170 Å². The summed E-state index contributed by atoms with van der Waals surface area (Å²) in [5.74, 6) is 0.739. The second-order valence-corrected chi connectivity index (χ2v) is 7.39. The van der Waals surface area contributed by atoms with Crippen LogP contribution in [0.15, 0.2) is 36.4 Å². The second kappa shape index (κ2) is 8.71. The van der Waals surface area contributed by atoms with Crippen LogP contribution < -0.4 is 15.0 Å². The van der Waals surface area contributed by atoms with Crippen molar-refractivity contribution in [2.45, 2.75) is 19.9 Å². The van der Waals surface area contributed by atoms with Crippen molar-refractivity contribution in [2.75, 3.05) is 43.5 Å². The van der Waals surface area contributed by atoms with Gasteiger partial charge in [-0.15, -0.1) is 0 Å². The van der Waals surface area contributed by atoms with E-state index in [-0.39, 0.29) is 17.7 Å². The van der Waals surface area contributed by atoms with E-state index in [1.807, 2.05) is 38.1 Å². The maximum absolute atomic E-state index is 12.8. The Balaban J connectivity index is 1.62. The monoisotopic (exact) mass is 403 g/mol. The van der Waals surface area contributed by atoms with Crippen LogP contribution in [-0.2, 0) is 4.79 Å². The molecule has 1 atom stereocenters. The number of phenols is 1. The molecule has 150 valence electrons. The number of para-hydroxylation sites is 2. The van der Waals surface area contributed by atoms with Gasteiger partial charge in [-0.1, -0.05) is 23.7 Å². The third kappa shape index (κ3) is 4.34. The average molecular weight is 404 g/mol. The summed E-state index contributed by atoms with van der Waals surface area (Å²) in [5.41, 5.74) is 2.33. The molecule has 1 amide bonds. The van der Waals surface area contributed by atoms with Gasteiger partial charge in [-0.2, -0.15) is 0 Å². The van der Waals surface area contributed by atoms with Gasteiger partial charge in [-0.05, 0) is 37.6 Å². The summed E-state index contributed by atoms with van der Waals surface area (Å²) in [7, 11) is 1.55. The number of halogens is 1. The number of rotatable bonds is 5. The molecule has 1 aliphatic rings. The Hall–Kier alpha value is -2.44. The fourth-order valence-corrected chi connectivity index (χ4v) is 3.57. The summed E-state index contributed by atoms with van der Waals surface area (Å²) < 4.78 is 5.34. The van der Waals surface area contributed by atoms with Gasteiger partial charge in [0.2, 0.25) is 5.91 Å². The molecule has 6 nitrogen and oxygen atoms in total. The van der Waals surface area contributed by atoms with Gasteiger partial charge in [0.1, 0.15) is 11.5 Å². The van der Waals surface area contributed by atoms with Crippen LogP contribution in [0.25, 0.3) is 0 Å². The van der Waals surface area contributed by atoms with Crippen molar-refractivity contribution in [3.63, 3.8) is 0 Å². The molecular formula is C21H26ClN3O3. The van der Waals surface area contributed by atoms with Gasteiger partial charge in [0.15, 0.2) is 0 Å². The molecule has 2 aromatic carbocycles. The molecule has 1 saturated heterocycles. The zero-order valence-corrected chi connectivity index (χ0v) is 17.2. The summed E-state index contributed by atoms with van der Waals surface area (Å²) in [6.45, 7) is 6.76. The lowest BCUT2D eigenvalue weighted by molar-refractivity contribution is -0.120. The van der Waals surface area contributed by atoms with Crippen molar-refractivity contribution >= 4 is 28.9 Å². The third-order valence-electron chi connectivity index (χ3n) is 5.20. The number of ether oxygens (including phenoxy) is 1. The number of piperazine rings is 1. The molecular weight excluding hydrogens is 378 g/mol. The van der Waals surface area contributed by atoms with Crippen molar-refractivity contribution < 1.29 is 14.6 Å². The Morgan fingerprint density at radius 1 is 1.21 bits per heavy atom. The number of hydrogen-bond donors (Lipinski definition) is 2. The highest BCUT2D eigenvalue weighted by Gasteiger charge is 2.27. The van der Waals surface area contributed by atoms with E-state index in [1.54, 1.807) is 19.2 Å². The molecule has 1 fully saturated rings. The van der Waals surface area contributed by atoms with E-state index >= 15 is 0 Å². The highest BCUT2D eigenvalue weighted by Crippen LogP contribution is 2.31. The van der Waals surface area contributed by atoms with Crippen LogP contribution in [0.1, 0.15) is 12.5 Å². The van der Waals surface area contributed by atoms with E-state index in [9.17, 15) is 9.90 Å². The lowest BCUT2D eigenvalue weighted by Crippen LogP contribution is -2.52. The number of amides is 1. The van der Waals surface area contributed by atoms with Gasteiger partial charge in [-0.3, -0.25) is 9.69 Å². The summed E-state index contributed by atoms with van der Waals surface area (Å²) in [6, 6.07) is 10.6. The maximum atomic E-state index is 12.8. The molecule has 0 saturated carbocycles. The van der Waals surface area contributed by atoms with Crippen LogP contribution in [0.4, 0.5) is 11.4 Å². The Morgan fingerprint density at radius 3 is 2.54 bits per heavy atom. The number of aryl methyl sites for hydroxylation is 1. The first-order valence-corrected chi connectivity index (χ1v) is 9.70. The van der Waals surface area contributed by atoms with Crippen molar-refractivity contribution in [1.82, 2.24) is 4.90 Å². The largest absolute Gasteiger partial charge is 0.506 e. The normalized spacial score (nSPS) is 15.9. The summed E-state index contributed by atoms with van der Waals surface area (Å²) in [5, 5.41) is 13.6. The second-order valence-electron chi connectivity index (χ2n) is 6.98. The van der Waals surface area contributed by atoms with Gasteiger partial charge in [0, 0.05) is 37.3 Å². The molecule has 7 heteroatoms. The predicted molar refractivity (Wildman–Crippen MR) is 113 cm³/mol. The lowest BCUT2D eigenvalue weighted by Gasteiger charge is -2.38. The zero-order chi connectivity index (χ0) is 20.3. The molecule has 0 bridgehead atoms. The van der Waals surface area contributed by atoms with Gasteiger partial charge >= 0.3 is 0 Å². The van der Waals surface area contributed by atoms with Crippen LogP contribution >= 0.6 is 11.6 Å². The highest BCUT2D eigenvalue weighted by molar-refractivity contribution is 6.31. The fraction of sp³-hybridized carbons (Fsp3) is 0.381. The smallest absolute Gasteiger partial charge is 0.241 e. The van der Waals surface area contributed by atoms with E-state index in [0.717, 1.165) is 37.4 Å². The molecule has 0 spiro atoms. The average Bonchev–Trinajstić information content (AvgIpc) is 2.70. The minimum absolute atomic E-state index is 0.0870. The van der Waals surface area contributed by atoms with E-state index in [2.05, 4.69) is 15.1 Å². The topological polar surface area (TPSA) is 65.0 Å². The summed E-state index contributed by atoms with van der Waals surface area (Å²) in [4.78, 5) is 17.1. The molecule has 28 heavy (non-hydrogen) atoms. The van der Waals surface area contributed by atoms with Gasteiger partial charge in [0.25, 0.3) is 0 Å². The Kier molecular flexibility index (Phi) is 6.31. The zero-order valence-electron chi connectivity index (χ0n) is 16.4. The molecule has 0 unspecified atom stereocenters. The molecule has 0 aliphatic carbocycles. The molecule has 0 aromatic heterocycles. The number of anilines is 2. The number of nitrogens with one attached hydrogen (secondary N) is 1.